The van der Waals surface area contributed by atoms with Gasteiger partial charge in [0.2, 0.25) is 0 Å². The predicted octanol–water partition coefficient (Wildman–Crippen LogP) is 11.4. The van der Waals surface area contributed by atoms with Crippen LogP contribution in [0.2, 0.25) is 0 Å². The quantitative estimate of drug-likeness (QED) is 0.150. The second kappa shape index (κ2) is 13.5. The van der Waals surface area contributed by atoms with Crippen LogP contribution in [-0.2, 0) is 28.0 Å². The van der Waals surface area contributed by atoms with Gasteiger partial charge in [-0.05, 0) is 69.8 Å². The van der Waals surface area contributed by atoms with Gasteiger partial charge in [-0.25, -0.2) is 14.1 Å². The number of hydrogen-bond acceptors (Lipinski definition) is 2. The van der Waals surface area contributed by atoms with E-state index in [2.05, 4.69) is 111 Å². The Morgan fingerprint density at radius 2 is 1.41 bits per heavy atom. The summed E-state index contributed by atoms with van der Waals surface area (Å²) >= 11 is 1.58. The number of fused-ring (bicyclic) bond motifs is 4. The first-order valence-electron chi connectivity index (χ1n) is 17.9. The summed E-state index contributed by atoms with van der Waals surface area (Å²) in [4.78, 5) is 6.79. The number of hydrogen-bond donors (Lipinski definition) is 0. The molecule has 0 amide bonds. The molecule has 0 aliphatic heterocycles. The van der Waals surface area contributed by atoms with Crippen LogP contribution in [0.1, 0.15) is 54.8 Å². The molecule has 5 aromatic carbocycles. The zero-order valence-electron chi connectivity index (χ0n) is 30.7. The van der Waals surface area contributed by atoms with Gasteiger partial charge in [0, 0.05) is 61.7 Å². The molecule has 246 valence electrons. The molecular weight excluding hydrogens is 800 g/mol. The third-order valence-electron chi connectivity index (χ3n) is 9.06. The minimum atomic E-state index is -2.30. The minimum Gasteiger partial charge on any atom is -0.319 e. The van der Waals surface area contributed by atoms with E-state index in [1.807, 2.05) is 53.2 Å². The Morgan fingerprint density at radius 3 is 2.16 bits per heavy atom. The molecule has 0 atom stereocenters. The van der Waals surface area contributed by atoms with Gasteiger partial charge < -0.3 is 4.57 Å². The Bertz CT molecular complexity index is 2560. The number of pyridine rings is 1. The molecule has 49 heavy (non-hydrogen) atoms. The van der Waals surface area contributed by atoms with E-state index in [0.717, 1.165) is 54.2 Å². The molecule has 0 unspecified atom stereocenters. The van der Waals surface area contributed by atoms with Gasteiger partial charge in [-0.15, -0.1) is 34.2 Å². The first kappa shape index (κ1) is 29.5. The molecule has 8 rings (SSSR count). The van der Waals surface area contributed by atoms with Crippen LogP contribution in [0.15, 0.2) is 132 Å². The van der Waals surface area contributed by atoms with E-state index >= 15 is 0 Å². The van der Waals surface area contributed by atoms with Crippen LogP contribution < -0.4 is 0 Å². The number of aromatic nitrogens is 4. The van der Waals surface area contributed by atoms with Crippen molar-refractivity contribution in [3.05, 3.63) is 145 Å². The molecule has 3 aromatic heterocycles. The molecule has 8 aromatic rings. The van der Waals surface area contributed by atoms with Crippen molar-refractivity contribution in [2.24, 2.45) is 6.98 Å². The van der Waals surface area contributed by atoms with Crippen molar-refractivity contribution in [3.63, 3.8) is 0 Å². The maximum atomic E-state index is 8.07. The molecule has 0 N–H and O–H groups in total. The minimum absolute atomic E-state index is 0. The van der Waals surface area contributed by atoms with Crippen molar-refractivity contribution in [3.8, 4) is 22.6 Å². The van der Waals surface area contributed by atoms with E-state index in [1.165, 1.54) is 21.3 Å². The summed E-state index contributed by atoms with van der Waals surface area (Å²) in [5.74, 6) is 1.61. The molecular formula is C43H37N4PtS-. The fourth-order valence-electron chi connectivity index (χ4n) is 6.81. The van der Waals surface area contributed by atoms with Crippen molar-refractivity contribution < 1.29 is 25.2 Å². The summed E-state index contributed by atoms with van der Waals surface area (Å²) in [6.07, 6.45) is 3.56. The van der Waals surface area contributed by atoms with Gasteiger partial charge in [-0.2, -0.15) is 24.3 Å². The number of rotatable bonds is 7. The van der Waals surface area contributed by atoms with Crippen molar-refractivity contribution >= 4 is 44.6 Å². The van der Waals surface area contributed by atoms with Crippen molar-refractivity contribution in [2.45, 2.75) is 49.3 Å². The smallest absolute Gasteiger partial charge is 0.188 e. The Balaban J connectivity index is 0.00000420. The van der Waals surface area contributed by atoms with Gasteiger partial charge in [0.1, 0.15) is 5.82 Å². The largest absolute Gasteiger partial charge is 0.319 e. The monoisotopic (exact) mass is 839 g/mol. The summed E-state index contributed by atoms with van der Waals surface area (Å²) in [5, 5.41) is 2.26. The molecule has 0 fully saturated rings. The van der Waals surface area contributed by atoms with Crippen molar-refractivity contribution in [2.75, 3.05) is 0 Å². The number of para-hydroxylation sites is 3. The average molecular weight is 840 g/mol. The van der Waals surface area contributed by atoms with Gasteiger partial charge >= 0.3 is 0 Å². The zero-order valence-corrected chi connectivity index (χ0v) is 30.8. The molecule has 0 spiro atoms. The second-order valence-electron chi connectivity index (χ2n) is 12.8. The molecule has 0 saturated carbocycles. The van der Waals surface area contributed by atoms with Crippen LogP contribution in [-0.4, -0.2) is 18.7 Å². The van der Waals surface area contributed by atoms with E-state index in [4.69, 9.17) is 9.10 Å². The van der Waals surface area contributed by atoms with Crippen LogP contribution in [0.25, 0.3) is 55.5 Å². The Labute approximate surface area is 310 Å². The Kier molecular flexibility index (Phi) is 8.10. The topological polar surface area (TPSA) is 27.7 Å². The first-order chi connectivity index (χ1) is 24.6. The molecule has 0 radical (unpaired) electrons. The molecule has 3 heterocycles. The maximum Gasteiger partial charge on any atom is 0.188 e. The van der Waals surface area contributed by atoms with Gasteiger partial charge in [0.05, 0.1) is 0 Å². The standard InChI is InChI=1S/C43H37N4S.Pt/c1-28(2)34-15-11-16-35(29(3)4)43(34)30-22-23-44-42(24-30)47-38-17-7-6-14-36(38)37-21-20-33(26-41(37)47)48-32-13-10-12-31(25-32)46-27-45(5)39-18-8-9-19-40(39)46;/h6-24,27-29H,1-5H3;/q-1;/i5D3;. The molecule has 6 heteroatoms. The van der Waals surface area contributed by atoms with Crippen LogP contribution in [0.4, 0.5) is 0 Å². The third-order valence-corrected chi connectivity index (χ3v) is 9.97. The van der Waals surface area contributed by atoms with Crippen LogP contribution >= 0.6 is 11.8 Å². The van der Waals surface area contributed by atoms with E-state index < -0.39 is 6.98 Å². The summed E-state index contributed by atoms with van der Waals surface area (Å²) in [6, 6.07) is 44.5. The van der Waals surface area contributed by atoms with Gasteiger partial charge in [0.25, 0.3) is 0 Å². The van der Waals surface area contributed by atoms with Crippen LogP contribution in [0, 0.1) is 12.1 Å². The normalized spacial score (nSPS) is 12.8. The van der Waals surface area contributed by atoms with Gasteiger partial charge in [-0.1, -0.05) is 80.6 Å². The fraction of sp³-hybridized carbons (Fsp3) is 0.163. The van der Waals surface area contributed by atoms with Crippen LogP contribution in [0.3, 0.4) is 0 Å². The van der Waals surface area contributed by atoms with E-state index in [0.29, 0.717) is 17.4 Å². The predicted molar refractivity (Wildman–Crippen MR) is 201 cm³/mol. The summed E-state index contributed by atoms with van der Waals surface area (Å²) in [6.45, 7) is 6.73. The number of imidazole rings is 1. The van der Waals surface area contributed by atoms with E-state index in [-0.39, 0.29) is 21.1 Å². The molecule has 4 nitrogen and oxygen atoms in total. The SMILES string of the molecule is [2H]C([2H])([2H])n1[cH+]n(-c2[c-]c(Sc3[c-]c4c(cc3)c3ccccc3n4-c3cc(-c4c(C(C)C)cccc4C(C)C)ccn3)ccc2)c2ccccc21.[Pt]. The first-order valence-corrected chi connectivity index (χ1v) is 17.2. The Hall–Kier alpha value is -4.44. The van der Waals surface area contributed by atoms with Crippen LogP contribution in [0.5, 0.6) is 0 Å². The van der Waals surface area contributed by atoms with Gasteiger partial charge in [0.15, 0.2) is 17.4 Å². The average Bonchev–Trinajstić information content (AvgIpc) is 3.68. The van der Waals surface area contributed by atoms with Crippen molar-refractivity contribution in [1.82, 2.24) is 18.7 Å². The Morgan fingerprint density at radius 1 is 0.714 bits per heavy atom. The molecule has 0 aliphatic carbocycles. The third kappa shape index (κ3) is 5.94. The molecule has 0 aliphatic rings. The zero-order chi connectivity index (χ0) is 35.4. The van der Waals surface area contributed by atoms with Gasteiger partial charge in [-0.3, -0.25) is 0 Å². The van der Waals surface area contributed by atoms with Crippen molar-refractivity contribution in [1.29, 1.82) is 0 Å². The maximum absolute atomic E-state index is 8.07. The summed E-state index contributed by atoms with van der Waals surface area (Å²) in [5.41, 5.74) is 9.37. The second-order valence-corrected chi connectivity index (χ2v) is 13.9. The molecule has 0 saturated heterocycles. The number of nitrogens with zero attached hydrogens (tertiary/aromatic N) is 4. The molecule has 0 bridgehead atoms. The number of aryl methyl sites for hydroxylation is 1. The van der Waals surface area contributed by atoms with E-state index in [1.54, 1.807) is 18.1 Å². The van der Waals surface area contributed by atoms with E-state index in [9.17, 15) is 0 Å². The summed E-state index contributed by atoms with van der Waals surface area (Å²) < 4.78 is 29.7. The summed E-state index contributed by atoms with van der Waals surface area (Å²) in [7, 11) is 0. The fourth-order valence-corrected chi connectivity index (χ4v) is 7.63. The number of benzene rings is 5.